The van der Waals surface area contributed by atoms with E-state index in [9.17, 15) is 0 Å². The molecule has 1 saturated heterocycles. The molecule has 0 aliphatic carbocycles. The molecule has 0 radical (unpaired) electrons. The van der Waals surface area contributed by atoms with Crippen LogP contribution in [0, 0.1) is 0 Å². The average molecular weight is 234 g/mol. The number of hydrazine groups is 1. The summed E-state index contributed by atoms with van der Waals surface area (Å²) in [4.78, 5) is 6.66. The summed E-state index contributed by atoms with van der Waals surface area (Å²) in [6, 6.07) is 0.282. The van der Waals surface area contributed by atoms with Crippen LogP contribution in [-0.4, -0.2) is 41.5 Å². The number of aliphatic imine (C=N–C) groups is 1. The van der Waals surface area contributed by atoms with E-state index in [1.165, 1.54) is 0 Å². The van der Waals surface area contributed by atoms with Gasteiger partial charge in [-0.25, -0.2) is 10.8 Å². The van der Waals surface area contributed by atoms with Crippen LogP contribution >= 0.6 is 21.6 Å². The van der Waals surface area contributed by atoms with Crippen LogP contribution in [0.1, 0.15) is 13.8 Å². The maximum atomic E-state index is 5.47. The smallest absolute Gasteiger partial charge is 0.208 e. The van der Waals surface area contributed by atoms with Crippen molar-refractivity contribution in [2.24, 2.45) is 10.8 Å². The van der Waals surface area contributed by atoms with Crippen LogP contribution in [0.5, 0.6) is 0 Å². The first-order valence-electron chi connectivity index (χ1n) is 4.78. The van der Waals surface area contributed by atoms with Gasteiger partial charge in [-0.15, -0.1) is 0 Å². The van der Waals surface area contributed by atoms with Gasteiger partial charge in [-0.2, -0.15) is 0 Å². The molecule has 0 unspecified atom stereocenters. The molecule has 0 saturated carbocycles. The lowest BCUT2D eigenvalue weighted by Gasteiger charge is -2.23. The monoisotopic (exact) mass is 234 g/mol. The van der Waals surface area contributed by atoms with Gasteiger partial charge in [0, 0.05) is 30.6 Å². The fraction of sp³-hybridized carbons (Fsp3) is 0.875. The minimum Gasteiger partial charge on any atom is -0.340 e. The number of nitrogens with zero attached hydrogens (tertiary/aromatic N) is 2. The molecule has 0 aromatic rings. The first-order valence-corrected chi connectivity index (χ1v) is 7.26. The molecule has 0 bridgehead atoms. The van der Waals surface area contributed by atoms with Crippen molar-refractivity contribution in [3.8, 4) is 0 Å². The van der Waals surface area contributed by atoms with Gasteiger partial charge in [0.15, 0.2) is 0 Å². The van der Waals surface area contributed by atoms with E-state index in [0.29, 0.717) is 0 Å². The van der Waals surface area contributed by atoms with E-state index in [4.69, 9.17) is 5.84 Å². The third kappa shape index (κ3) is 3.98. The molecule has 14 heavy (non-hydrogen) atoms. The zero-order chi connectivity index (χ0) is 10.4. The Hall–Kier alpha value is -0.0700. The molecule has 0 aromatic carbocycles. The second-order valence-corrected chi connectivity index (χ2v) is 6.02. The summed E-state index contributed by atoms with van der Waals surface area (Å²) < 4.78 is 0. The number of hydrogen-bond acceptors (Lipinski definition) is 4. The van der Waals surface area contributed by atoms with Gasteiger partial charge >= 0.3 is 0 Å². The Morgan fingerprint density at radius 3 is 2.36 bits per heavy atom. The largest absolute Gasteiger partial charge is 0.340 e. The quantitative estimate of drug-likeness (QED) is 0.232. The van der Waals surface area contributed by atoms with Gasteiger partial charge in [-0.1, -0.05) is 21.6 Å². The summed E-state index contributed by atoms with van der Waals surface area (Å²) in [5, 5.41) is 0. The normalized spacial score (nSPS) is 19.7. The fourth-order valence-electron chi connectivity index (χ4n) is 1.19. The van der Waals surface area contributed by atoms with E-state index in [2.05, 4.69) is 29.2 Å². The van der Waals surface area contributed by atoms with Gasteiger partial charge in [0.2, 0.25) is 5.96 Å². The Morgan fingerprint density at radius 2 is 1.93 bits per heavy atom. The minimum absolute atomic E-state index is 0.282. The number of rotatable bonds is 1. The summed E-state index contributed by atoms with van der Waals surface area (Å²) in [5.74, 6) is 8.55. The molecular formula is C8H18N4S2. The van der Waals surface area contributed by atoms with Crippen LogP contribution in [0.15, 0.2) is 4.99 Å². The number of hydrogen-bond donors (Lipinski definition) is 2. The number of nitrogens with one attached hydrogen (secondary N) is 1. The van der Waals surface area contributed by atoms with Gasteiger partial charge in [-0.05, 0) is 13.8 Å². The SMILES string of the molecule is CC(C)N=C(NN)N1CCSSCC1. The van der Waals surface area contributed by atoms with Crippen LogP contribution < -0.4 is 11.3 Å². The van der Waals surface area contributed by atoms with Gasteiger partial charge in [0.1, 0.15) is 0 Å². The van der Waals surface area contributed by atoms with Crippen molar-refractivity contribution in [2.45, 2.75) is 19.9 Å². The number of nitrogens with two attached hydrogens (primary N) is 1. The molecule has 3 N–H and O–H groups in total. The second kappa shape index (κ2) is 6.42. The predicted octanol–water partition coefficient (Wildman–Crippen LogP) is 0.911. The van der Waals surface area contributed by atoms with Gasteiger partial charge < -0.3 is 4.90 Å². The van der Waals surface area contributed by atoms with E-state index in [-0.39, 0.29) is 6.04 Å². The Kier molecular flexibility index (Phi) is 5.50. The van der Waals surface area contributed by atoms with Crippen LogP contribution in [0.25, 0.3) is 0 Å². The third-order valence-electron chi connectivity index (χ3n) is 1.78. The third-order valence-corrected chi connectivity index (χ3v) is 4.15. The molecule has 1 heterocycles. The lowest BCUT2D eigenvalue weighted by Crippen LogP contribution is -2.46. The topological polar surface area (TPSA) is 53.6 Å². The second-order valence-electron chi connectivity index (χ2n) is 3.32. The van der Waals surface area contributed by atoms with Gasteiger partial charge in [0.25, 0.3) is 0 Å². The summed E-state index contributed by atoms with van der Waals surface area (Å²) in [5.41, 5.74) is 2.69. The molecule has 1 aliphatic rings. The molecule has 0 aromatic heterocycles. The van der Waals surface area contributed by atoms with Crippen LogP contribution in [0.3, 0.4) is 0 Å². The van der Waals surface area contributed by atoms with Gasteiger partial charge in [0.05, 0.1) is 0 Å². The molecular weight excluding hydrogens is 216 g/mol. The van der Waals surface area contributed by atoms with Crippen molar-refractivity contribution in [3.05, 3.63) is 0 Å². The predicted molar refractivity (Wildman–Crippen MR) is 66.4 cm³/mol. The van der Waals surface area contributed by atoms with Crippen molar-refractivity contribution in [3.63, 3.8) is 0 Å². The van der Waals surface area contributed by atoms with Crippen LogP contribution in [0.4, 0.5) is 0 Å². The summed E-state index contributed by atoms with van der Waals surface area (Å²) >= 11 is 0. The van der Waals surface area contributed by atoms with E-state index in [0.717, 1.165) is 30.6 Å². The summed E-state index contributed by atoms with van der Waals surface area (Å²) in [7, 11) is 3.84. The van der Waals surface area contributed by atoms with Crippen molar-refractivity contribution in [1.29, 1.82) is 0 Å². The molecule has 1 rings (SSSR count). The van der Waals surface area contributed by atoms with Crippen LogP contribution in [-0.2, 0) is 0 Å². The fourth-order valence-corrected chi connectivity index (χ4v) is 3.17. The highest BCUT2D eigenvalue weighted by Gasteiger charge is 2.13. The Labute approximate surface area is 93.4 Å². The van der Waals surface area contributed by atoms with Gasteiger partial charge in [-0.3, -0.25) is 5.43 Å². The Bertz CT molecular complexity index is 188. The van der Waals surface area contributed by atoms with Crippen LogP contribution in [0.2, 0.25) is 0 Å². The Balaban J connectivity index is 2.57. The van der Waals surface area contributed by atoms with Crippen molar-refractivity contribution in [1.82, 2.24) is 10.3 Å². The standard InChI is InChI=1S/C8H18N4S2/c1-7(2)10-8(11-9)12-3-5-13-14-6-4-12/h7H,3-6,9H2,1-2H3,(H,10,11). The van der Waals surface area contributed by atoms with Crippen molar-refractivity contribution in [2.75, 3.05) is 24.6 Å². The average Bonchev–Trinajstić information content (AvgIpc) is 2.41. The molecule has 1 aliphatic heterocycles. The molecule has 0 spiro atoms. The highest BCUT2D eigenvalue weighted by molar-refractivity contribution is 8.76. The first kappa shape index (κ1) is 12.0. The molecule has 0 atom stereocenters. The number of guanidine groups is 1. The Morgan fingerprint density at radius 1 is 1.36 bits per heavy atom. The first-order chi connectivity index (χ1) is 6.74. The zero-order valence-electron chi connectivity index (χ0n) is 8.69. The van der Waals surface area contributed by atoms with Crippen molar-refractivity contribution >= 4 is 27.5 Å². The van der Waals surface area contributed by atoms with E-state index in [1.54, 1.807) is 0 Å². The highest BCUT2D eigenvalue weighted by atomic mass is 33.1. The maximum absolute atomic E-state index is 5.47. The maximum Gasteiger partial charge on any atom is 0.208 e. The summed E-state index contributed by atoms with van der Waals surface area (Å²) in [6.07, 6.45) is 0. The summed E-state index contributed by atoms with van der Waals surface area (Å²) in [6.45, 7) is 6.15. The zero-order valence-corrected chi connectivity index (χ0v) is 10.3. The highest BCUT2D eigenvalue weighted by Crippen LogP contribution is 2.23. The minimum atomic E-state index is 0.282. The van der Waals surface area contributed by atoms with Crippen molar-refractivity contribution < 1.29 is 0 Å². The molecule has 6 heteroatoms. The lowest BCUT2D eigenvalue weighted by atomic mass is 10.4. The van der Waals surface area contributed by atoms with E-state index >= 15 is 0 Å². The lowest BCUT2D eigenvalue weighted by molar-refractivity contribution is 0.451. The van der Waals surface area contributed by atoms with E-state index in [1.807, 2.05) is 21.6 Å². The molecule has 1 fully saturated rings. The molecule has 4 nitrogen and oxygen atoms in total. The molecule has 82 valence electrons. The molecule has 0 amide bonds. The van der Waals surface area contributed by atoms with E-state index < -0.39 is 0 Å².